The summed E-state index contributed by atoms with van der Waals surface area (Å²) in [5.74, 6) is 0. The zero-order chi connectivity index (χ0) is 8.20. The Hall–Kier alpha value is -1.27. The third kappa shape index (κ3) is 6.73. The van der Waals surface area contributed by atoms with E-state index in [0.717, 1.165) is 0 Å². The SMILES string of the molecule is O=C(O)N/N=C/C(F)(F)F. The number of hydrazone groups is 1. The molecule has 0 aliphatic rings. The van der Waals surface area contributed by atoms with Crippen molar-refractivity contribution in [2.45, 2.75) is 6.18 Å². The summed E-state index contributed by atoms with van der Waals surface area (Å²) >= 11 is 0. The molecule has 0 spiro atoms. The number of nitrogens with zero attached hydrogens (tertiary/aromatic N) is 1. The molecular weight excluding hydrogens is 153 g/mol. The van der Waals surface area contributed by atoms with Crippen LogP contribution in [0.3, 0.4) is 0 Å². The van der Waals surface area contributed by atoms with Crippen LogP contribution in [-0.4, -0.2) is 23.6 Å². The Kier molecular flexibility index (Phi) is 2.65. The molecule has 0 unspecified atom stereocenters. The molecule has 0 aromatic carbocycles. The van der Waals surface area contributed by atoms with E-state index in [2.05, 4.69) is 5.10 Å². The topological polar surface area (TPSA) is 61.7 Å². The Morgan fingerprint density at radius 2 is 2.10 bits per heavy atom. The van der Waals surface area contributed by atoms with Crippen molar-refractivity contribution in [1.82, 2.24) is 5.43 Å². The molecule has 0 saturated heterocycles. The highest BCUT2D eigenvalue weighted by molar-refractivity contribution is 5.69. The van der Waals surface area contributed by atoms with Gasteiger partial charge >= 0.3 is 12.3 Å². The molecule has 7 heteroatoms. The first kappa shape index (κ1) is 8.73. The standard InChI is InChI=1S/C3H3F3N2O2/c4-3(5,6)1-7-8-2(9)10/h1,8H,(H,9,10)/b7-1+. The van der Waals surface area contributed by atoms with Crippen molar-refractivity contribution >= 4 is 12.3 Å². The minimum Gasteiger partial charge on any atom is -0.464 e. The lowest BCUT2D eigenvalue weighted by Gasteiger charge is -1.95. The van der Waals surface area contributed by atoms with Crippen LogP contribution in [0, 0.1) is 0 Å². The van der Waals surface area contributed by atoms with Gasteiger partial charge < -0.3 is 5.11 Å². The molecule has 0 atom stereocenters. The zero-order valence-electron chi connectivity index (χ0n) is 4.51. The normalized spacial score (nSPS) is 11.9. The van der Waals surface area contributed by atoms with Gasteiger partial charge in [0.2, 0.25) is 0 Å². The van der Waals surface area contributed by atoms with Gasteiger partial charge in [0, 0.05) is 0 Å². The Bertz CT molecular complexity index is 152. The quantitative estimate of drug-likeness (QED) is 0.435. The summed E-state index contributed by atoms with van der Waals surface area (Å²) in [6.45, 7) is 0. The fourth-order valence-electron chi connectivity index (χ4n) is 0.161. The lowest BCUT2D eigenvalue weighted by molar-refractivity contribution is -0.0538. The number of carboxylic acid groups (broad SMARTS) is 1. The van der Waals surface area contributed by atoms with Crippen LogP contribution in [0.15, 0.2) is 5.10 Å². The van der Waals surface area contributed by atoms with E-state index in [0.29, 0.717) is 0 Å². The van der Waals surface area contributed by atoms with E-state index in [4.69, 9.17) is 5.11 Å². The van der Waals surface area contributed by atoms with Crippen LogP contribution in [0.5, 0.6) is 0 Å². The van der Waals surface area contributed by atoms with Crippen LogP contribution in [0.1, 0.15) is 0 Å². The summed E-state index contributed by atoms with van der Waals surface area (Å²) in [4.78, 5) is 9.49. The molecule has 0 rings (SSSR count). The minimum absolute atomic E-state index is 0.457. The molecule has 0 bridgehead atoms. The van der Waals surface area contributed by atoms with Gasteiger partial charge in [0.1, 0.15) is 6.21 Å². The van der Waals surface area contributed by atoms with E-state index in [1.54, 1.807) is 0 Å². The van der Waals surface area contributed by atoms with Gasteiger partial charge in [-0.25, -0.2) is 10.2 Å². The van der Waals surface area contributed by atoms with Crippen molar-refractivity contribution in [2.75, 3.05) is 0 Å². The van der Waals surface area contributed by atoms with E-state index in [1.165, 1.54) is 5.43 Å². The number of alkyl halides is 3. The van der Waals surface area contributed by atoms with Crippen molar-refractivity contribution in [3.63, 3.8) is 0 Å². The van der Waals surface area contributed by atoms with Gasteiger partial charge in [-0.1, -0.05) is 0 Å². The highest BCUT2D eigenvalue weighted by atomic mass is 19.4. The Labute approximate surface area is 53.3 Å². The fraction of sp³-hybridized carbons (Fsp3) is 0.333. The van der Waals surface area contributed by atoms with E-state index in [1.807, 2.05) is 0 Å². The smallest absolute Gasteiger partial charge is 0.428 e. The second-order valence-corrected chi connectivity index (χ2v) is 1.22. The zero-order valence-corrected chi connectivity index (χ0v) is 4.51. The molecule has 0 fully saturated rings. The number of nitrogens with one attached hydrogen (secondary N) is 1. The summed E-state index contributed by atoms with van der Waals surface area (Å²) in [6.07, 6.45) is -6.68. The number of rotatable bonds is 1. The third-order valence-corrected chi connectivity index (χ3v) is 0.371. The number of hydrogen-bond acceptors (Lipinski definition) is 2. The number of halogens is 3. The first-order valence-electron chi connectivity index (χ1n) is 2.02. The molecule has 0 aromatic heterocycles. The maximum atomic E-state index is 11.1. The highest BCUT2D eigenvalue weighted by Crippen LogP contribution is 2.09. The molecule has 2 N–H and O–H groups in total. The maximum absolute atomic E-state index is 11.1. The van der Waals surface area contributed by atoms with Gasteiger partial charge in [0.15, 0.2) is 0 Å². The van der Waals surface area contributed by atoms with E-state index in [9.17, 15) is 18.0 Å². The van der Waals surface area contributed by atoms with E-state index < -0.39 is 18.5 Å². The second-order valence-electron chi connectivity index (χ2n) is 1.22. The van der Waals surface area contributed by atoms with Gasteiger partial charge in [0.25, 0.3) is 0 Å². The molecule has 58 valence electrons. The second kappa shape index (κ2) is 3.04. The molecule has 1 amide bonds. The molecule has 0 radical (unpaired) electrons. The molecule has 0 saturated carbocycles. The minimum atomic E-state index is -4.58. The number of amides is 1. The van der Waals surface area contributed by atoms with Crippen molar-refractivity contribution in [3.8, 4) is 0 Å². The van der Waals surface area contributed by atoms with Crippen LogP contribution in [0.2, 0.25) is 0 Å². The van der Waals surface area contributed by atoms with E-state index in [-0.39, 0.29) is 0 Å². The molecule has 0 aliphatic carbocycles. The first-order chi connectivity index (χ1) is 4.42. The van der Waals surface area contributed by atoms with Crippen molar-refractivity contribution in [1.29, 1.82) is 0 Å². The van der Waals surface area contributed by atoms with Gasteiger partial charge in [-0.2, -0.15) is 18.3 Å². The molecule has 0 aromatic rings. The lowest BCUT2D eigenvalue weighted by Crippen LogP contribution is -2.17. The largest absolute Gasteiger partial charge is 0.464 e. The predicted molar refractivity (Wildman–Crippen MR) is 25.7 cm³/mol. The Morgan fingerprint density at radius 1 is 1.60 bits per heavy atom. The summed E-state index contributed by atoms with van der Waals surface area (Å²) in [5, 5.41) is 10.1. The van der Waals surface area contributed by atoms with Crippen molar-refractivity contribution in [2.24, 2.45) is 5.10 Å². The van der Waals surface area contributed by atoms with Crippen LogP contribution in [0.4, 0.5) is 18.0 Å². The number of carbonyl (C=O) groups is 1. The van der Waals surface area contributed by atoms with Crippen molar-refractivity contribution in [3.05, 3.63) is 0 Å². The predicted octanol–water partition coefficient (Wildman–Crippen LogP) is 0.802. The van der Waals surface area contributed by atoms with Gasteiger partial charge in [-0.05, 0) is 0 Å². The number of hydrogen-bond donors (Lipinski definition) is 2. The molecular formula is C3H3F3N2O2. The highest BCUT2D eigenvalue weighted by Gasteiger charge is 2.23. The van der Waals surface area contributed by atoms with Crippen LogP contribution >= 0.6 is 0 Å². The van der Waals surface area contributed by atoms with Crippen molar-refractivity contribution < 1.29 is 23.1 Å². The third-order valence-electron chi connectivity index (χ3n) is 0.371. The molecule has 0 heterocycles. The van der Waals surface area contributed by atoms with E-state index >= 15 is 0 Å². The average Bonchev–Trinajstić information content (AvgIpc) is 1.59. The monoisotopic (exact) mass is 156 g/mol. The Balaban J connectivity index is 3.67. The molecule has 0 aliphatic heterocycles. The van der Waals surface area contributed by atoms with Gasteiger partial charge in [-0.3, -0.25) is 0 Å². The lowest BCUT2D eigenvalue weighted by atomic mass is 10.7. The van der Waals surface area contributed by atoms with Crippen LogP contribution < -0.4 is 5.43 Å². The first-order valence-corrected chi connectivity index (χ1v) is 2.02. The van der Waals surface area contributed by atoms with Crippen LogP contribution in [0.25, 0.3) is 0 Å². The summed E-state index contributed by atoms with van der Waals surface area (Å²) in [5.41, 5.74) is 1.17. The van der Waals surface area contributed by atoms with Crippen LogP contribution in [-0.2, 0) is 0 Å². The molecule has 10 heavy (non-hydrogen) atoms. The summed E-state index contributed by atoms with van der Waals surface area (Å²) in [7, 11) is 0. The Morgan fingerprint density at radius 3 is 2.40 bits per heavy atom. The van der Waals surface area contributed by atoms with Gasteiger partial charge in [0.05, 0.1) is 0 Å². The van der Waals surface area contributed by atoms with Gasteiger partial charge in [-0.15, -0.1) is 0 Å². The summed E-state index contributed by atoms with van der Waals surface area (Å²) in [6, 6.07) is 0. The summed E-state index contributed by atoms with van der Waals surface area (Å²) < 4.78 is 33.4. The average molecular weight is 156 g/mol. The maximum Gasteiger partial charge on any atom is 0.428 e. The fourth-order valence-corrected chi connectivity index (χ4v) is 0.161. The molecule has 4 nitrogen and oxygen atoms in total.